The summed E-state index contributed by atoms with van der Waals surface area (Å²) < 4.78 is 0. The van der Waals surface area contributed by atoms with E-state index in [1.54, 1.807) is 0 Å². The molecule has 2 unspecified atom stereocenters. The van der Waals surface area contributed by atoms with Crippen molar-refractivity contribution in [3.8, 4) is 0 Å². The van der Waals surface area contributed by atoms with Gasteiger partial charge in [-0.05, 0) is 39.2 Å². The summed E-state index contributed by atoms with van der Waals surface area (Å²) in [7, 11) is 0. The van der Waals surface area contributed by atoms with Gasteiger partial charge in [-0.1, -0.05) is 0 Å². The van der Waals surface area contributed by atoms with Crippen molar-refractivity contribution >= 4 is 0 Å². The first-order chi connectivity index (χ1) is 4.21. The average Bonchev–Trinajstić information content (AvgIpc) is 1.89. The van der Waals surface area contributed by atoms with E-state index in [-0.39, 0.29) is 0 Å². The molecule has 2 atom stereocenters. The lowest BCUT2D eigenvalue weighted by Crippen LogP contribution is -2.66. The average molecular weight is 125 g/mol. The van der Waals surface area contributed by atoms with Gasteiger partial charge in [0, 0.05) is 12.1 Å². The molecule has 3 saturated heterocycles. The van der Waals surface area contributed by atoms with E-state index < -0.39 is 0 Å². The number of nitrogens with zero attached hydrogens (tertiary/aromatic N) is 1. The van der Waals surface area contributed by atoms with Gasteiger partial charge < -0.3 is 0 Å². The fourth-order valence-electron chi connectivity index (χ4n) is 2.22. The zero-order valence-corrected chi connectivity index (χ0v) is 6.35. The molecule has 0 spiro atoms. The van der Waals surface area contributed by atoms with Crippen LogP contribution in [0.15, 0.2) is 0 Å². The molecule has 0 N–H and O–H groups in total. The van der Waals surface area contributed by atoms with Crippen LogP contribution in [0.2, 0.25) is 0 Å². The molecule has 1 nitrogen and oxygen atoms in total. The van der Waals surface area contributed by atoms with Gasteiger partial charge in [-0.2, -0.15) is 0 Å². The standard InChI is InChI=1S/C8H15N/c1-8(2)7-4-3-5-9(8)6-7/h7H,3-6H2,1-2H3. The molecule has 2 bridgehead atoms. The second-order valence-corrected chi connectivity index (χ2v) is 3.94. The predicted octanol–water partition coefficient (Wildman–Crippen LogP) is 1.49. The topological polar surface area (TPSA) is 3.24 Å². The van der Waals surface area contributed by atoms with Crippen molar-refractivity contribution in [2.24, 2.45) is 5.92 Å². The molecule has 1 heteroatoms. The van der Waals surface area contributed by atoms with Crippen molar-refractivity contribution in [1.82, 2.24) is 4.90 Å². The molecule has 0 aliphatic carbocycles. The Morgan fingerprint density at radius 1 is 1.44 bits per heavy atom. The first-order valence-corrected chi connectivity index (χ1v) is 3.96. The molecule has 0 radical (unpaired) electrons. The fourth-order valence-corrected chi connectivity index (χ4v) is 2.22. The molecule has 0 aromatic rings. The molecule has 0 amide bonds. The van der Waals surface area contributed by atoms with Crippen LogP contribution < -0.4 is 0 Å². The smallest absolute Gasteiger partial charge is 0.0193 e. The SMILES string of the molecule is CC1(C)C2CCCN1C2. The third kappa shape index (κ3) is 0.586. The Hall–Kier alpha value is -0.0400. The van der Waals surface area contributed by atoms with E-state index in [1.807, 2.05) is 0 Å². The van der Waals surface area contributed by atoms with E-state index in [1.165, 1.54) is 25.9 Å². The van der Waals surface area contributed by atoms with Crippen molar-refractivity contribution in [1.29, 1.82) is 0 Å². The monoisotopic (exact) mass is 125 g/mol. The summed E-state index contributed by atoms with van der Waals surface area (Å²) in [5.41, 5.74) is 0.568. The molecular formula is C8H15N. The number of fused-ring (bicyclic) bond motifs is 2. The molecule has 0 saturated carbocycles. The number of rotatable bonds is 0. The van der Waals surface area contributed by atoms with Gasteiger partial charge in [-0.15, -0.1) is 0 Å². The number of hydrogen-bond donors (Lipinski definition) is 0. The zero-order chi connectivity index (χ0) is 6.48. The van der Waals surface area contributed by atoms with Crippen LogP contribution in [-0.4, -0.2) is 23.5 Å². The summed E-state index contributed by atoms with van der Waals surface area (Å²) in [6, 6.07) is 0. The van der Waals surface area contributed by atoms with Crippen molar-refractivity contribution in [3.05, 3.63) is 0 Å². The van der Waals surface area contributed by atoms with Crippen LogP contribution >= 0.6 is 0 Å². The van der Waals surface area contributed by atoms with E-state index >= 15 is 0 Å². The number of piperidine rings is 2. The van der Waals surface area contributed by atoms with E-state index in [0.29, 0.717) is 5.54 Å². The molecule has 3 fully saturated rings. The lowest BCUT2D eigenvalue weighted by molar-refractivity contribution is -0.0924. The van der Waals surface area contributed by atoms with E-state index in [0.717, 1.165) is 5.92 Å². The second-order valence-electron chi connectivity index (χ2n) is 3.94. The Labute approximate surface area is 57.0 Å². The summed E-state index contributed by atoms with van der Waals surface area (Å²) >= 11 is 0. The minimum Gasteiger partial charge on any atom is -0.298 e. The molecule has 0 aromatic heterocycles. The van der Waals surface area contributed by atoms with Gasteiger partial charge in [0.15, 0.2) is 0 Å². The lowest BCUT2D eigenvalue weighted by Gasteiger charge is -2.59. The third-order valence-electron chi connectivity index (χ3n) is 3.24. The van der Waals surface area contributed by atoms with E-state index in [2.05, 4.69) is 18.7 Å². The van der Waals surface area contributed by atoms with Crippen molar-refractivity contribution in [2.75, 3.05) is 13.1 Å². The molecule has 0 aromatic carbocycles. The largest absolute Gasteiger partial charge is 0.298 e. The van der Waals surface area contributed by atoms with Gasteiger partial charge in [0.1, 0.15) is 0 Å². The normalized spacial score (nSPS) is 46.0. The fraction of sp³-hybridized carbons (Fsp3) is 1.00. The van der Waals surface area contributed by atoms with Crippen molar-refractivity contribution < 1.29 is 0 Å². The first-order valence-electron chi connectivity index (χ1n) is 3.96. The van der Waals surface area contributed by atoms with Crippen LogP contribution in [0.4, 0.5) is 0 Å². The maximum Gasteiger partial charge on any atom is 0.0193 e. The highest BCUT2D eigenvalue weighted by atomic mass is 15.3. The Kier molecular flexibility index (Phi) is 0.963. The summed E-state index contributed by atoms with van der Waals surface area (Å²) in [6.45, 7) is 7.48. The summed E-state index contributed by atoms with van der Waals surface area (Å²) in [5, 5.41) is 0. The third-order valence-corrected chi connectivity index (χ3v) is 3.24. The molecular weight excluding hydrogens is 110 g/mol. The maximum absolute atomic E-state index is 2.60. The highest BCUT2D eigenvalue weighted by Gasteiger charge is 2.47. The second kappa shape index (κ2) is 1.51. The summed E-state index contributed by atoms with van der Waals surface area (Å²) in [6.07, 6.45) is 2.91. The van der Waals surface area contributed by atoms with Gasteiger partial charge >= 0.3 is 0 Å². The van der Waals surface area contributed by atoms with Gasteiger partial charge in [0.05, 0.1) is 0 Å². The minimum absolute atomic E-state index is 0.568. The highest BCUT2D eigenvalue weighted by Crippen LogP contribution is 2.42. The predicted molar refractivity (Wildman–Crippen MR) is 38.4 cm³/mol. The van der Waals surface area contributed by atoms with Gasteiger partial charge in [-0.3, -0.25) is 4.90 Å². The lowest BCUT2D eigenvalue weighted by atomic mass is 9.71. The maximum atomic E-state index is 2.60. The van der Waals surface area contributed by atoms with Crippen molar-refractivity contribution in [3.63, 3.8) is 0 Å². The molecule has 3 heterocycles. The Morgan fingerprint density at radius 2 is 2.22 bits per heavy atom. The molecule has 3 aliphatic rings. The molecule has 3 aliphatic heterocycles. The van der Waals surface area contributed by atoms with Crippen LogP contribution in [0.25, 0.3) is 0 Å². The first kappa shape index (κ1) is 5.72. The Morgan fingerprint density at radius 3 is 2.44 bits per heavy atom. The van der Waals surface area contributed by atoms with Crippen LogP contribution in [0, 0.1) is 5.92 Å². The summed E-state index contributed by atoms with van der Waals surface area (Å²) in [5.74, 6) is 1.02. The quantitative estimate of drug-likeness (QED) is 0.474. The Bertz CT molecular complexity index is 113. The van der Waals surface area contributed by atoms with Crippen LogP contribution in [-0.2, 0) is 0 Å². The van der Waals surface area contributed by atoms with Gasteiger partial charge in [0.25, 0.3) is 0 Å². The van der Waals surface area contributed by atoms with Gasteiger partial charge in [0.2, 0.25) is 0 Å². The van der Waals surface area contributed by atoms with Crippen molar-refractivity contribution in [2.45, 2.75) is 32.2 Å². The van der Waals surface area contributed by atoms with Crippen LogP contribution in [0.1, 0.15) is 26.7 Å². The Balaban J connectivity index is 2.13. The summed E-state index contributed by atoms with van der Waals surface area (Å²) in [4.78, 5) is 2.60. The number of hydrogen-bond acceptors (Lipinski definition) is 1. The zero-order valence-electron chi connectivity index (χ0n) is 6.35. The van der Waals surface area contributed by atoms with Gasteiger partial charge in [-0.25, -0.2) is 0 Å². The van der Waals surface area contributed by atoms with E-state index in [9.17, 15) is 0 Å². The highest BCUT2D eigenvalue weighted by molar-refractivity contribution is 5.02. The molecule has 52 valence electrons. The molecule has 9 heavy (non-hydrogen) atoms. The van der Waals surface area contributed by atoms with Crippen LogP contribution in [0.3, 0.4) is 0 Å². The van der Waals surface area contributed by atoms with Crippen LogP contribution in [0.5, 0.6) is 0 Å². The minimum atomic E-state index is 0.568. The van der Waals surface area contributed by atoms with E-state index in [4.69, 9.17) is 0 Å². The molecule has 3 rings (SSSR count).